The second kappa shape index (κ2) is 5.34. The van der Waals surface area contributed by atoms with Crippen LogP contribution in [0.1, 0.15) is 39.5 Å². The molecule has 0 amide bonds. The molecule has 0 aliphatic heterocycles. The summed E-state index contributed by atoms with van der Waals surface area (Å²) in [6, 6.07) is 0.333. The summed E-state index contributed by atoms with van der Waals surface area (Å²) in [6.07, 6.45) is 8.24. The first-order valence-corrected chi connectivity index (χ1v) is 6.52. The molecule has 17 heavy (non-hydrogen) atoms. The molecule has 1 unspecified atom stereocenters. The lowest BCUT2D eigenvalue weighted by Crippen LogP contribution is -2.28. The molecule has 1 aliphatic carbocycles. The lowest BCUT2D eigenvalue weighted by molar-refractivity contribution is 0.625. The zero-order chi connectivity index (χ0) is 12.3. The van der Waals surface area contributed by atoms with E-state index in [1.807, 2.05) is 0 Å². The number of hydrogen-bond donors (Lipinski definition) is 1. The van der Waals surface area contributed by atoms with E-state index in [-0.39, 0.29) is 5.56 Å². The minimum atomic E-state index is -0.00278. The van der Waals surface area contributed by atoms with Gasteiger partial charge >= 0.3 is 0 Å². The van der Waals surface area contributed by atoms with Gasteiger partial charge in [0.25, 0.3) is 5.56 Å². The van der Waals surface area contributed by atoms with Crippen molar-refractivity contribution in [2.45, 2.75) is 52.1 Å². The summed E-state index contributed by atoms with van der Waals surface area (Å²) in [6.45, 7) is 4.94. The molecule has 4 nitrogen and oxygen atoms in total. The van der Waals surface area contributed by atoms with E-state index >= 15 is 0 Å². The van der Waals surface area contributed by atoms with Crippen molar-refractivity contribution < 1.29 is 0 Å². The minimum absolute atomic E-state index is 0.00278. The zero-order valence-electron chi connectivity index (χ0n) is 10.6. The molecule has 0 saturated heterocycles. The van der Waals surface area contributed by atoms with Gasteiger partial charge in [0.15, 0.2) is 5.82 Å². The fraction of sp³-hybridized carbons (Fsp3) is 0.692. The van der Waals surface area contributed by atoms with Crippen molar-refractivity contribution in [1.29, 1.82) is 0 Å². The maximum Gasteiger partial charge on any atom is 0.293 e. The van der Waals surface area contributed by atoms with Gasteiger partial charge in [-0.3, -0.25) is 4.79 Å². The Hall–Kier alpha value is -1.32. The van der Waals surface area contributed by atoms with E-state index in [0.717, 1.165) is 25.3 Å². The van der Waals surface area contributed by atoms with E-state index in [0.29, 0.717) is 11.9 Å². The van der Waals surface area contributed by atoms with Crippen LogP contribution >= 0.6 is 0 Å². The van der Waals surface area contributed by atoms with Gasteiger partial charge in [0, 0.05) is 25.0 Å². The van der Waals surface area contributed by atoms with Gasteiger partial charge in [-0.1, -0.05) is 19.8 Å². The molecule has 0 radical (unpaired) electrons. The summed E-state index contributed by atoms with van der Waals surface area (Å²) in [7, 11) is 0. The van der Waals surface area contributed by atoms with Crippen LogP contribution in [0.5, 0.6) is 0 Å². The summed E-state index contributed by atoms with van der Waals surface area (Å²) in [5.41, 5.74) is -0.00278. The molecule has 1 heterocycles. The molecule has 0 aromatic carbocycles. The zero-order valence-corrected chi connectivity index (χ0v) is 10.6. The average Bonchev–Trinajstić information content (AvgIpc) is 3.08. The Morgan fingerprint density at radius 2 is 2.35 bits per heavy atom. The van der Waals surface area contributed by atoms with Crippen LogP contribution < -0.4 is 10.9 Å². The molecule has 1 aromatic rings. The Morgan fingerprint density at radius 1 is 1.59 bits per heavy atom. The highest BCUT2D eigenvalue weighted by Gasteiger charge is 2.23. The summed E-state index contributed by atoms with van der Waals surface area (Å²) in [4.78, 5) is 16.2. The molecule has 4 heteroatoms. The average molecular weight is 235 g/mol. The number of aryl methyl sites for hydroxylation is 1. The van der Waals surface area contributed by atoms with Gasteiger partial charge in [-0.25, -0.2) is 4.98 Å². The van der Waals surface area contributed by atoms with E-state index in [9.17, 15) is 4.79 Å². The van der Waals surface area contributed by atoms with E-state index in [2.05, 4.69) is 24.1 Å². The van der Waals surface area contributed by atoms with Crippen LogP contribution in [-0.2, 0) is 6.54 Å². The second-order valence-corrected chi connectivity index (χ2v) is 5.00. The van der Waals surface area contributed by atoms with Crippen LogP contribution in [0.4, 0.5) is 5.82 Å². The standard InChI is InChI=1S/C13H21N3O/c1-3-7-16-8-6-14-12(13(16)17)15-10(2)9-11-4-5-11/h6,8,10-11H,3-5,7,9H2,1-2H3,(H,14,15). The van der Waals surface area contributed by atoms with Crippen LogP contribution in [0.3, 0.4) is 0 Å². The highest BCUT2D eigenvalue weighted by atomic mass is 16.1. The van der Waals surface area contributed by atoms with Gasteiger partial charge < -0.3 is 9.88 Å². The van der Waals surface area contributed by atoms with Crippen LogP contribution in [0.2, 0.25) is 0 Å². The molecule has 94 valence electrons. The molecular weight excluding hydrogens is 214 g/mol. The number of aromatic nitrogens is 2. The molecular formula is C13H21N3O. The van der Waals surface area contributed by atoms with E-state index in [1.165, 1.54) is 12.8 Å². The first kappa shape index (κ1) is 12.1. The normalized spacial score (nSPS) is 16.8. The molecule has 1 aliphatic rings. The number of nitrogens with one attached hydrogen (secondary N) is 1. The van der Waals surface area contributed by atoms with Crippen molar-refractivity contribution >= 4 is 5.82 Å². The van der Waals surface area contributed by atoms with Gasteiger partial charge in [0.2, 0.25) is 0 Å². The third-order valence-electron chi connectivity index (χ3n) is 3.15. The van der Waals surface area contributed by atoms with Crippen molar-refractivity contribution in [2.24, 2.45) is 5.92 Å². The van der Waals surface area contributed by atoms with Crippen LogP contribution in [0.15, 0.2) is 17.2 Å². The Bertz CT molecular complexity index is 423. The fourth-order valence-electron chi connectivity index (χ4n) is 2.11. The Labute approximate surface area is 102 Å². The fourth-order valence-corrected chi connectivity index (χ4v) is 2.11. The van der Waals surface area contributed by atoms with Crippen LogP contribution in [-0.4, -0.2) is 15.6 Å². The number of hydrogen-bond acceptors (Lipinski definition) is 3. The smallest absolute Gasteiger partial charge is 0.293 e. The summed E-state index contributed by atoms with van der Waals surface area (Å²) in [5, 5.41) is 3.24. The lowest BCUT2D eigenvalue weighted by Gasteiger charge is -2.14. The highest BCUT2D eigenvalue weighted by Crippen LogP contribution is 2.33. The van der Waals surface area contributed by atoms with Crippen molar-refractivity contribution in [3.05, 3.63) is 22.7 Å². The third-order valence-corrected chi connectivity index (χ3v) is 3.15. The van der Waals surface area contributed by atoms with Gasteiger partial charge in [0.1, 0.15) is 0 Å². The Balaban J connectivity index is 2.03. The number of anilines is 1. The Morgan fingerprint density at radius 3 is 3.00 bits per heavy atom. The van der Waals surface area contributed by atoms with Crippen LogP contribution in [0, 0.1) is 5.92 Å². The minimum Gasteiger partial charge on any atom is -0.363 e. The Kier molecular flexibility index (Phi) is 3.82. The maximum atomic E-state index is 12.0. The van der Waals surface area contributed by atoms with Crippen molar-refractivity contribution in [2.75, 3.05) is 5.32 Å². The predicted octanol–water partition coefficient (Wildman–Crippen LogP) is 2.25. The van der Waals surface area contributed by atoms with Gasteiger partial charge in [-0.2, -0.15) is 0 Å². The number of rotatable bonds is 6. The topological polar surface area (TPSA) is 46.9 Å². The summed E-state index contributed by atoms with van der Waals surface area (Å²) < 4.78 is 1.72. The second-order valence-electron chi connectivity index (χ2n) is 5.00. The lowest BCUT2D eigenvalue weighted by atomic mass is 10.1. The largest absolute Gasteiger partial charge is 0.363 e. The molecule has 1 aromatic heterocycles. The van der Waals surface area contributed by atoms with Crippen LogP contribution in [0.25, 0.3) is 0 Å². The quantitative estimate of drug-likeness (QED) is 0.822. The first-order chi connectivity index (χ1) is 8.20. The SMILES string of the molecule is CCCn1ccnc(NC(C)CC2CC2)c1=O. The van der Waals surface area contributed by atoms with E-state index in [4.69, 9.17) is 0 Å². The monoisotopic (exact) mass is 235 g/mol. The highest BCUT2D eigenvalue weighted by molar-refractivity contribution is 5.32. The number of nitrogens with zero attached hydrogens (tertiary/aromatic N) is 2. The van der Waals surface area contributed by atoms with E-state index in [1.54, 1.807) is 17.0 Å². The van der Waals surface area contributed by atoms with Gasteiger partial charge in [0.05, 0.1) is 0 Å². The molecule has 0 bridgehead atoms. The molecule has 2 rings (SSSR count). The van der Waals surface area contributed by atoms with Crippen molar-refractivity contribution in [3.8, 4) is 0 Å². The molecule has 0 spiro atoms. The van der Waals surface area contributed by atoms with Gasteiger partial charge in [-0.15, -0.1) is 0 Å². The van der Waals surface area contributed by atoms with Crippen molar-refractivity contribution in [1.82, 2.24) is 9.55 Å². The van der Waals surface area contributed by atoms with E-state index < -0.39 is 0 Å². The molecule has 1 atom stereocenters. The maximum absolute atomic E-state index is 12.0. The first-order valence-electron chi connectivity index (χ1n) is 6.52. The van der Waals surface area contributed by atoms with Gasteiger partial charge in [-0.05, 0) is 25.7 Å². The molecule has 1 fully saturated rings. The summed E-state index contributed by atoms with van der Waals surface area (Å²) in [5.74, 6) is 1.35. The summed E-state index contributed by atoms with van der Waals surface area (Å²) >= 11 is 0. The van der Waals surface area contributed by atoms with Crippen molar-refractivity contribution in [3.63, 3.8) is 0 Å². The molecule has 1 N–H and O–H groups in total. The molecule has 1 saturated carbocycles. The third kappa shape index (κ3) is 3.32. The predicted molar refractivity (Wildman–Crippen MR) is 69.2 cm³/mol.